The van der Waals surface area contributed by atoms with Gasteiger partial charge in [-0.05, 0) is 25.8 Å². The normalized spacial score (nSPS) is 13.3. The highest BCUT2D eigenvalue weighted by molar-refractivity contribution is 7.30. The molecule has 1 nitrogen and oxygen atoms in total. The molecule has 3 atom stereocenters. The molecule has 0 radical (unpaired) electrons. The number of hydrogen-bond donors (Lipinski definition) is 0. The second-order valence-corrected chi connectivity index (χ2v) is 5.28. The highest BCUT2D eigenvalue weighted by Gasteiger charge is 2.05. The van der Waals surface area contributed by atoms with Gasteiger partial charge < -0.3 is 0 Å². The molecule has 0 bridgehead atoms. The molecule has 13 heavy (non-hydrogen) atoms. The molecule has 0 saturated heterocycles. The van der Waals surface area contributed by atoms with E-state index in [1.54, 1.807) is 0 Å². The van der Waals surface area contributed by atoms with Crippen LogP contribution in [0.25, 0.3) is 0 Å². The van der Waals surface area contributed by atoms with Crippen LogP contribution < -0.4 is 0 Å². The van der Waals surface area contributed by atoms with Crippen LogP contribution in [0.3, 0.4) is 0 Å². The van der Waals surface area contributed by atoms with E-state index in [9.17, 15) is 0 Å². The van der Waals surface area contributed by atoms with E-state index < -0.39 is 0 Å². The fourth-order valence-electron chi connectivity index (χ4n) is 1.29. The summed E-state index contributed by atoms with van der Waals surface area (Å²) < 4.78 is 2.09. The van der Waals surface area contributed by atoms with Crippen LogP contribution in [0.5, 0.6) is 0 Å². The summed E-state index contributed by atoms with van der Waals surface area (Å²) in [5.41, 5.74) is 2.74. The first-order valence-corrected chi connectivity index (χ1v) is 5.47. The van der Waals surface area contributed by atoms with E-state index in [-0.39, 0.29) is 0 Å². The minimum atomic E-state index is 0.539. The molecule has 0 saturated carbocycles. The van der Waals surface area contributed by atoms with Gasteiger partial charge in [0, 0.05) is 6.04 Å². The fourth-order valence-corrected chi connectivity index (χ4v) is 1.50. The first-order chi connectivity index (χ1) is 6.09. The van der Waals surface area contributed by atoms with Gasteiger partial charge in [0.2, 0.25) is 0 Å². The molecule has 0 aliphatic heterocycles. The van der Waals surface area contributed by atoms with Gasteiger partial charge in [0.25, 0.3) is 0 Å². The van der Waals surface area contributed by atoms with E-state index >= 15 is 0 Å². The number of benzene rings is 1. The lowest BCUT2D eigenvalue weighted by Crippen LogP contribution is -2.16. The average Bonchev–Trinajstić information content (AvgIpc) is 2.04. The number of aryl methyl sites for hydroxylation is 1. The molecule has 0 amide bonds. The smallest absolute Gasteiger partial charge is 0.0176 e. The minimum Gasteiger partial charge on any atom is -0.269 e. The number of nitrogens with zero attached hydrogens (tertiary/aromatic N) is 1. The molecule has 3 heteroatoms. The predicted molar refractivity (Wildman–Crippen MR) is 65.6 cm³/mol. The lowest BCUT2D eigenvalue weighted by molar-refractivity contribution is 0.547. The van der Waals surface area contributed by atoms with E-state index in [2.05, 4.69) is 61.3 Å². The summed E-state index contributed by atoms with van der Waals surface area (Å²) in [6, 6.07) is 9.22. The topological polar surface area (TPSA) is 3.24 Å². The summed E-state index contributed by atoms with van der Waals surface area (Å²) >= 11 is 0. The van der Waals surface area contributed by atoms with Crippen LogP contribution in [0.1, 0.15) is 18.1 Å². The SMILES string of the molecule is Cc1cccc(CC(C)N(P)P)c1. The zero-order valence-electron chi connectivity index (χ0n) is 8.20. The second-order valence-electron chi connectivity index (χ2n) is 3.49. The second kappa shape index (κ2) is 5.05. The molecular weight excluding hydrogens is 196 g/mol. The maximum absolute atomic E-state index is 2.68. The largest absolute Gasteiger partial charge is 0.269 e. The summed E-state index contributed by atoms with van der Waals surface area (Å²) in [5, 5.41) is 0. The Morgan fingerprint density at radius 1 is 1.38 bits per heavy atom. The Kier molecular flexibility index (Phi) is 4.32. The minimum absolute atomic E-state index is 0.539. The van der Waals surface area contributed by atoms with Gasteiger partial charge in [-0.2, -0.15) is 0 Å². The summed E-state index contributed by atoms with van der Waals surface area (Å²) in [5.74, 6) is 0. The van der Waals surface area contributed by atoms with E-state index in [0.717, 1.165) is 6.42 Å². The number of rotatable bonds is 3. The zero-order valence-corrected chi connectivity index (χ0v) is 10.5. The van der Waals surface area contributed by atoms with Gasteiger partial charge in [-0.15, -0.1) is 0 Å². The van der Waals surface area contributed by atoms with Crippen molar-refractivity contribution in [3.63, 3.8) is 0 Å². The van der Waals surface area contributed by atoms with Crippen molar-refractivity contribution in [3.05, 3.63) is 35.4 Å². The van der Waals surface area contributed by atoms with Gasteiger partial charge in [0.05, 0.1) is 0 Å². The van der Waals surface area contributed by atoms with E-state index in [4.69, 9.17) is 0 Å². The molecule has 1 rings (SSSR count). The molecule has 1 aromatic rings. The third kappa shape index (κ3) is 3.73. The van der Waals surface area contributed by atoms with Crippen molar-refractivity contribution in [1.29, 1.82) is 0 Å². The highest BCUT2D eigenvalue weighted by atomic mass is 31.1. The maximum atomic E-state index is 2.68. The van der Waals surface area contributed by atoms with Gasteiger partial charge in [-0.1, -0.05) is 48.6 Å². The molecule has 0 aliphatic rings. The average molecular weight is 213 g/mol. The van der Waals surface area contributed by atoms with Gasteiger partial charge >= 0.3 is 0 Å². The van der Waals surface area contributed by atoms with Crippen molar-refractivity contribution >= 4 is 18.8 Å². The van der Waals surface area contributed by atoms with E-state index in [0.29, 0.717) is 6.04 Å². The van der Waals surface area contributed by atoms with Crippen molar-refractivity contribution in [2.24, 2.45) is 0 Å². The van der Waals surface area contributed by atoms with Crippen LogP contribution in [0, 0.1) is 6.92 Å². The Labute approximate surface area is 85.4 Å². The Balaban J connectivity index is 2.64. The molecule has 0 N–H and O–H groups in total. The van der Waals surface area contributed by atoms with Crippen molar-refractivity contribution in [2.75, 3.05) is 0 Å². The first-order valence-electron chi connectivity index (χ1n) is 4.44. The lowest BCUT2D eigenvalue weighted by Gasteiger charge is -2.19. The Bertz CT molecular complexity index is 273. The van der Waals surface area contributed by atoms with Crippen LogP contribution in [0.4, 0.5) is 0 Å². The monoisotopic (exact) mass is 213 g/mol. The van der Waals surface area contributed by atoms with E-state index in [1.165, 1.54) is 11.1 Å². The summed E-state index contributed by atoms with van der Waals surface area (Å²) in [6.07, 6.45) is 1.09. The number of hydrogen-bond acceptors (Lipinski definition) is 1. The van der Waals surface area contributed by atoms with Crippen LogP contribution in [-0.2, 0) is 6.42 Å². The maximum Gasteiger partial charge on any atom is 0.0176 e. The van der Waals surface area contributed by atoms with Crippen LogP contribution >= 0.6 is 18.8 Å². The fraction of sp³-hybridized carbons (Fsp3) is 0.400. The van der Waals surface area contributed by atoms with Gasteiger partial charge in [0.1, 0.15) is 0 Å². The molecule has 0 aliphatic carbocycles. The van der Waals surface area contributed by atoms with Crippen molar-refractivity contribution in [2.45, 2.75) is 26.3 Å². The molecule has 0 heterocycles. The molecule has 0 aromatic heterocycles. The predicted octanol–water partition coefficient (Wildman–Crippen LogP) is 2.81. The molecular formula is C10H17NP2. The lowest BCUT2D eigenvalue weighted by atomic mass is 10.1. The van der Waals surface area contributed by atoms with Gasteiger partial charge in [-0.25, -0.2) is 0 Å². The van der Waals surface area contributed by atoms with Crippen molar-refractivity contribution in [1.82, 2.24) is 4.44 Å². The van der Waals surface area contributed by atoms with E-state index in [1.807, 2.05) is 0 Å². The Hall–Kier alpha value is 0.0400. The Morgan fingerprint density at radius 2 is 2.08 bits per heavy atom. The molecule has 3 unspecified atom stereocenters. The summed E-state index contributed by atoms with van der Waals surface area (Å²) in [4.78, 5) is 0. The highest BCUT2D eigenvalue weighted by Crippen LogP contribution is 2.17. The molecule has 0 spiro atoms. The molecule has 1 aromatic carbocycles. The molecule has 0 fully saturated rings. The van der Waals surface area contributed by atoms with Crippen LogP contribution in [0.15, 0.2) is 24.3 Å². The Morgan fingerprint density at radius 3 is 2.62 bits per heavy atom. The van der Waals surface area contributed by atoms with Gasteiger partial charge in [-0.3, -0.25) is 4.44 Å². The third-order valence-corrected chi connectivity index (χ3v) is 3.14. The molecule has 72 valence electrons. The first kappa shape index (κ1) is 11.1. The van der Waals surface area contributed by atoms with Crippen molar-refractivity contribution < 1.29 is 0 Å². The van der Waals surface area contributed by atoms with Crippen LogP contribution in [0.2, 0.25) is 0 Å². The third-order valence-electron chi connectivity index (χ3n) is 2.12. The quantitative estimate of drug-likeness (QED) is 0.698. The summed E-state index contributed by atoms with van der Waals surface area (Å²) in [7, 11) is 5.35. The zero-order chi connectivity index (χ0) is 9.84. The van der Waals surface area contributed by atoms with Gasteiger partial charge in [0.15, 0.2) is 0 Å². The van der Waals surface area contributed by atoms with Crippen molar-refractivity contribution in [3.8, 4) is 0 Å². The van der Waals surface area contributed by atoms with Crippen LogP contribution in [-0.4, -0.2) is 10.5 Å². The standard InChI is InChI=1S/C10H17NP2/c1-8-4-3-5-10(6-8)7-9(2)11(12)13/h3-6,9H,7,12-13H2,1-2H3. The summed E-state index contributed by atoms with van der Waals surface area (Å²) in [6.45, 7) is 4.34.